The van der Waals surface area contributed by atoms with Gasteiger partial charge in [-0.3, -0.25) is 9.59 Å². The summed E-state index contributed by atoms with van der Waals surface area (Å²) in [5, 5.41) is 24.3. The summed E-state index contributed by atoms with van der Waals surface area (Å²) in [5.41, 5.74) is 1.47. The molecule has 3 atom stereocenters. The Morgan fingerprint density at radius 2 is 1.55 bits per heavy atom. The van der Waals surface area contributed by atoms with Crippen LogP contribution in [0.4, 0.5) is 8.78 Å². The van der Waals surface area contributed by atoms with Gasteiger partial charge in [-0.2, -0.15) is 0 Å². The maximum absolute atomic E-state index is 13.9. The molecule has 2 aromatic rings. The fourth-order valence-corrected chi connectivity index (χ4v) is 4.46. The second-order valence-corrected chi connectivity index (χ2v) is 10.8. The van der Waals surface area contributed by atoms with E-state index < -0.39 is 35.8 Å². The van der Waals surface area contributed by atoms with Crippen molar-refractivity contribution in [2.45, 2.75) is 78.6 Å². The molecule has 3 N–H and O–H groups in total. The second-order valence-electron chi connectivity index (χ2n) is 10.8. The molecule has 40 heavy (non-hydrogen) atoms. The minimum Gasteiger partial charge on any atom is -0.388 e. The van der Waals surface area contributed by atoms with E-state index in [4.69, 9.17) is 4.74 Å². The van der Waals surface area contributed by atoms with E-state index in [0.29, 0.717) is 36.7 Å². The highest BCUT2D eigenvalue weighted by atomic mass is 19.1. The van der Waals surface area contributed by atoms with Gasteiger partial charge in [0.2, 0.25) is 0 Å². The minimum atomic E-state index is -1.50. The zero-order valence-corrected chi connectivity index (χ0v) is 24.3. The lowest BCUT2D eigenvalue weighted by atomic mass is 9.96. The molecule has 0 fully saturated rings. The van der Waals surface area contributed by atoms with E-state index in [9.17, 15) is 28.6 Å². The molecule has 0 spiro atoms. The first-order chi connectivity index (χ1) is 18.9. The summed E-state index contributed by atoms with van der Waals surface area (Å²) in [6.45, 7) is 11.2. The summed E-state index contributed by atoms with van der Waals surface area (Å²) < 4.78 is 33.3. The predicted octanol–water partition coefficient (Wildman–Crippen LogP) is 4.66. The molecule has 9 heteroatoms. The number of amides is 2. The molecular weight excluding hydrogens is 518 g/mol. The van der Waals surface area contributed by atoms with Crippen molar-refractivity contribution in [3.63, 3.8) is 0 Å². The average Bonchev–Trinajstić information content (AvgIpc) is 2.88. The van der Waals surface area contributed by atoms with Crippen LogP contribution in [0, 0.1) is 24.5 Å². The van der Waals surface area contributed by atoms with Gasteiger partial charge < -0.3 is 25.2 Å². The van der Waals surface area contributed by atoms with E-state index in [2.05, 4.69) is 5.32 Å². The third-order valence-corrected chi connectivity index (χ3v) is 6.49. The van der Waals surface area contributed by atoms with E-state index in [-0.39, 0.29) is 30.1 Å². The maximum Gasteiger partial charge on any atom is 0.253 e. The van der Waals surface area contributed by atoms with Crippen molar-refractivity contribution < 1.29 is 33.3 Å². The molecule has 2 aromatic carbocycles. The van der Waals surface area contributed by atoms with Gasteiger partial charge in [-0.25, -0.2) is 8.78 Å². The van der Waals surface area contributed by atoms with Crippen molar-refractivity contribution in [1.82, 2.24) is 10.2 Å². The zero-order chi connectivity index (χ0) is 29.8. The number of rotatable bonds is 16. The Kier molecular flexibility index (Phi) is 13.7. The van der Waals surface area contributed by atoms with Crippen molar-refractivity contribution in [1.29, 1.82) is 0 Å². The van der Waals surface area contributed by atoms with Crippen LogP contribution in [0.2, 0.25) is 0 Å². The average molecular weight is 563 g/mol. The molecule has 0 aliphatic carbocycles. The molecule has 2 amide bonds. The van der Waals surface area contributed by atoms with E-state index in [1.165, 1.54) is 6.07 Å². The van der Waals surface area contributed by atoms with Crippen LogP contribution in [0.3, 0.4) is 0 Å². The molecule has 0 aliphatic rings. The predicted molar refractivity (Wildman–Crippen MR) is 151 cm³/mol. The first-order valence-electron chi connectivity index (χ1n) is 14.1. The number of hydrogen-bond acceptors (Lipinski definition) is 5. The molecule has 0 radical (unpaired) electrons. The Balaban J connectivity index is 2.30. The summed E-state index contributed by atoms with van der Waals surface area (Å²) in [7, 11) is 0. The van der Waals surface area contributed by atoms with Crippen LogP contribution < -0.4 is 5.32 Å². The number of nitrogens with zero attached hydrogens (tertiary/aromatic N) is 1. The van der Waals surface area contributed by atoms with Gasteiger partial charge in [0.25, 0.3) is 11.8 Å². The number of aliphatic hydroxyl groups is 2. The largest absolute Gasteiger partial charge is 0.388 e. The van der Waals surface area contributed by atoms with Gasteiger partial charge in [0.1, 0.15) is 23.8 Å². The number of aliphatic hydroxyl groups excluding tert-OH is 2. The summed E-state index contributed by atoms with van der Waals surface area (Å²) in [5.74, 6) is -1.96. The highest BCUT2D eigenvalue weighted by Gasteiger charge is 2.29. The van der Waals surface area contributed by atoms with Crippen molar-refractivity contribution in [2.24, 2.45) is 5.92 Å². The summed E-state index contributed by atoms with van der Waals surface area (Å²) >= 11 is 0. The van der Waals surface area contributed by atoms with E-state index in [0.717, 1.165) is 37.5 Å². The summed E-state index contributed by atoms with van der Waals surface area (Å²) in [4.78, 5) is 28.3. The molecule has 0 heterocycles. The van der Waals surface area contributed by atoms with Crippen LogP contribution in [0.5, 0.6) is 0 Å². The lowest BCUT2D eigenvalue weighted by Crippen LogP contribution is -2.51. The molecule has 0 saturated carbocycles. The number of hydrogen-bond donors (Lipinski definition) is 3. The summed E-state index contributed by atoms with van der Waals surface area (Å²) in [6.07, 6.45) is -0.632. The highest BCUT2D eigenvalue weighted by molar-refractivity contribution is 6.00. The van der Waals surface area contributed by atoms with Crippen LogP contribution in [-0.4, -0.2) is 71.5 Å². The van der Waals surface area contributed by atoms with Crippen molar-refractivity contribution >= 4 is 11.8 Å². The zero-order valence-electron chi connectivity index (χ0n) is 24.3. The van der Waals surface area contributed by atoms with Gasteiger partial charge in [-0.15, -0.1) is 0 Å². The number of benzene rings is 2. The molecule has 0 aromatic heterocycles. The first kappa shape index (κ1) is 33.3. The molecule has 2 rings (SSSR count). The topological polar surface area (TPSA) is 99.1 Å². The van der Waals surface area contributed by atoms with Crippen LogP contribution >= 0.6 is 0 Å². The van der Waals surface area contributed by atoms with Crippen molar-refractivity contribution in [3.8, 4) is 0 Å². The van der Waals surface area contributed by atoms with Crippen LogP contribution in [0.1, 0.15) is 78.8 Å². The Labute approximate surface area is 236 Å². The van der Waals surface area contributed by atoms with Crippen LogP contribution in [0.15, 0.2) is 36.4 Å². The van der Waals surface area contributed by atoms with Crippen molar-refractivity contribution in [2.75, 3.05) is 26.3 Å². The number of ether oxygens (including phenoxy) is 1. The lowest BCUT2D eigenvalue weighted by molar-refractivity contribution is -0.0519. The quantitative estimate of drug-likeness (QED) is 0.259. The third kappa shape index (κ3) is 10.6. The number of aryl methyl sites for hydroxylation is 1. The smallest absolute Gasteiger partial charge is 0.253 e. The van der Waals surface area contributed by atoms with Gasteiger partial charge in [-0.1, -0.05) is 27.7 Å². The molecule has 0 bridgehead atoms. The van der Waals surface area contributed by atoms with E-state index in [1.54, 1.807) is 24.0 Å². The fourth-order valence-electron chi connectivity index (χ4n) is 4.46. The third-order valence-electron chi connectivity index (χ3n) is 6.49. The van der Waals surface area contributed by atoms with E-state index >= 15 is 0 Å². The van der Waals surface area contributed by atoms with Gasteiger partial charge in [0.05, 0.1) is 12.6 Å². The molecular formula is C31H44F2N2O5. The minimum absolute atomic E-state index is 0.150. The summed E-state index contributed by atoms with van der Waals surface area (Å²) in [6, 6.07) is 6.69. The standard InChI is InChI=1S/C31H44F2N2O5/c1-6-9-35(10-7-2)31(39)24-13-21(5)12-23(17-24)30(38)34-27(16-22-14-25(32)18-26(33)15-22)29(37)28(36)19-40-11-8-20(3)4/h12-15,17-18,20,27-29,36-37H,6-11,16,19H2,1-5H3,(H,34,38)/t27-,28?,29+/m0/s1. The molecule has 1 unspecified atom stereocenters. The van der Waals surface area contributed by atoms with Gasteiger partial charge in [-0.05, 0) is 80.0 Å². The van der Waals surface area contributed by atoms with Gasteiger partial charge in [0.15, 0.2) is 0 Å². The first-order valence-corrected chi connectivity index (χ1v) is 14.1. The number of carbonyl (C=O) groups excluding carboxylic acids is 2. The van der Waals surface area contributed by atoms with Gasteiger partial charge >= 0.3 is 0 Å². The fraction of sp³-hybridized carbons (Fsp3) is 0.548. The SMILES string of the molecule is CCCN(CCC)C(=O)c1cc(C)cc(C(=O)N[C@@H](Cc2cc(F)cc(F)c2)[C@@H](O)C(O)COCCC(C)C)c1. The Morgan fingerprint density at radius 1 is 0.950 bits per heavy atom. The molecule has 222 valence electrons. The monoisotopic (exact) mass is 562 g/mol. The normalized spacial score (nSPS) is 13.7. The van der Waals surface area contributed by atoms with Crippen molar-refractivity contribution in [3.05, 3.63) is 70.3 Å². The lowest BCUT2D eigenvalue weighted by Gasteiger charge is -2.28. The van der Waals surface area contributed by atoms with Crippen LogP contribution in [0.25, 0.3) is 0 Å². The Morgan fingerprint density at radius 3 is 2.12 bits per heavy atom. The van der Waals surface area contributed by atoms with E-state index in [1.807, 2.05) is 27.7 Å². The second kappa shape index (κ2) is 16.4. The molecule has 0 aliphatic heterocycles. The molecule has 0 saturated heterocycles. The number of nitrogens with one attached hydrogen (secondary N) is 1. The Bertz CT molecular complexity index is 1080. The number of carbonyl (C=O) groups is 2. The van der Waals surface area contributed by atoms with Gasteiger partial charge in [0, 0.05) is 36.9 Å². The number of halogens is 2. The van der Waals surface area contributed by atoms with Crippen LogP contribution in [-0.2, 0) is 11.2 Å². The molecule has 7 nitrogen and oxygen atoms in total. The Hall–Kier alpha value is -2.88. The highest BCUT2D eigenvalue weighted by Crippen LogP contribution is 2.17. The maximum atomic E-state index is 13.9.